The lowest BCUT2D eigenvalue weighted by Gasteiger charge is -2.63. The van der Waals surface area contributed by atoms with Gasteiger partial charge in [0.05, 0.1) is 50.9 Å². The molecule has 18 heteroatoms. The molecule has 74 heavy (non-hydrogen) atoms. The summed E-state index contributed by atoms with van der Waals surface area (Å²) >= 11 is 7.86. The van der Waals surface area contributed by atoms with Crippen molar-refractivity contribution in [2.45, 2.75) is 124 Å². The Kier molecular flexibility index (Phi) is 14.7. The van der Waals surface area contributed by atoms with Crippen molar-refractivity contribution in [3.63, 3.8) is 0 Å². The van der Waals surface area contributed by atoms with Gasteiger partial charge in [-0.05, 0) is 67.5 Å². The molecule has 4 aromatic rings. The molecule has 16 nitrogen and oxygen atoms in total. The van der Waals surface area contributed by atoms with E-state index in [0.717, 1.165) is 79.6 Å². The van der Waals surface area contributed by atoms with Crippen LogP contribution in [0.5, 0.6) is 5.75 Å². The minimum atomic E-state index is -0.894. The molecule has 0 unspecified atom stereocenters. The van der Waals surface area contributed by atoms with Crippen LogP contribution in [0.3, 0.4) is 0 Å². The van der Waals surface area contributed by atoms with E-state index in [1.54, 1.807) is 35.7 Å². The van der Waals surface area contributed by atoms with Crippen LogP contribution in [-0.4, -0.2) is 142 Å². The average Bonchev–Trinajstić information content (AvgIpc) is 3.95. The van der Waals surface area contributed by atoms with Crippen molar-refractivity contribution in [2.24, 2.45) is 21.7 Å². The zero-order valence-corrected chi connectivity index (χ0v) is 45.6. The molecule has 4 N–H and O–H groups in total. The number of aliphatic hydroxyl groups is 1. The number of anilines is 1. The molecule has 2 aliphatic carbocycles. The second-order valence-electron chi connectivity index (χ2n) is 23.8. The second-order valence-corrected chi connectivity index (χ2v) is 25.1. The third-order valence-electron chi connectivity index (χ3n) is 16.5. The number of hydrogen-bond donors (Lipinski definition) is 4. The van der Waals surface area contributed by atoms with Crippen LogP contribution < -0.4 is 25.6 Å². The molecule has 5 aliphatic rings. The van der Waals surface area contributed by atoms with Gasteiger partial charge in [0.1, 0.15) is 35.8 Å². The number of benzene rings is 2. The summed E-state index contributed by atoms with van der Waals surface area (Å²) in [5.74, 6) is 0.324. The quantitative estimate of drug-likeness (QED) is 0.106. The van der Waals surface area contributed by atoms with E-state index < -0.39 is 23.6 Å². The molecule has 3 saturated heterocycles. The normalized spacial score (nSPS) is 24.1. The van der Waals surface area contributed by atoms with Gasteiger partial charge in [-0.25, -0.2) is 9.97 Å². The van der Waals surface area contributed by atoms with Crippen LogP contribution in [0.4, 0.5) is 5.82 Å². The summed E-state index contributed by atoms with van der Waals surface area (Å²) in [5, 5.41) is 29.7. The van der Waals surface area contributed by atoms with Gasteiger partial charge in [0.2, 0.25) is 17.7 Å². The fourth-order valence-electron chi connectivity index (χ4n) is 12.6. The fraction of sp³-hybridized carbons (Fsp3) is 0.554. The summed E-state index contributed by atoms with van der Waals surface area (Å²) in [6.45, 7) is 23.2. The zero-order valence-electron chi connectivity index (χ0n) is 44.1. The SMILES string of the molecule is Cc1ncsc1-c1ccc([C@H](C)NC(=O)[C@@H]2C[C@@H](O)CN2C(=O)[C@@H](NC(=O)CN2CCN(C3CC4(C3)CN(c3ccc(C(=O)N[C@H]5C(C)(C)[C@H](Oc6ccc(C#N)c(Cl)c6)C5(C)C)cn3)C4)CC2)C(C)(C)C)cc1. The third kappa shape index (κ3) is 10.6. The molecule has 2 aromatic carbocycles. The number of piperazine rings is 1. The number of halogens is 1. The third-order valence-corrected chi connectivity index (χ3v) is 17.8. The number of aromatic nitrogens is 2. The number of nitriles is 1. The number of nitrogens with one attached hydrogen (secondary N) is 3. The molecular weight excluding hydrogens is 976 g/mol. The number of β-amino-alcohol motifs (C(OH)–C–C–N with tert-alkyl or cyclic N) is 1. The number of carbonyl (C=O) groups excluding carboxylic acids is 4. The first-order valence-corrected chi connectivity index (χ1v) is 27.2. The van der Waals surface area contributed by atoms with E-state index in [0.29, 0.717) is 27.9 Å². The number of amides is 4. The number of aliphatic hydroxyl groups excluding tert-OH is 1. The summed E-state index contributed by atoms with van der Waals surface area (Å²) < 4.78 is 6.39. The minimum absolute atomic E-state index is 0.0154. The van der Waals surface area contributed by atoms with Crippen LogP contribution in [0.1, 0.15) is 108 Å². The average molecular weight is 1050 g/mol. The molecule has 2 saturated carbocycles. The maximum atomic E-state index is 14.3. The summed E-state index contributed by atoms with van der Waals surface area (Å²) in [4.78, 5) is 73.9. The standard InChI is InChI=1S/C56H71ClN10O6S/c1-33(35-10-12-36(13-11-35)46-34(2)60-32-74-46)61-49(71)43-22-40(68)28-67(43)50(72)47(53(3,4)5)62-45(69)29-64-18-20-65(21-19-64)39-24-56(25-39)30-66(31-56)44-17-15-38(27-59-44)48(70)63-51-54(6,7)52(55(51,8)9)73-41-16-14-37(26-58)42(57)23-41/h10-17,23,27,32-33,39-40,43,47,51-52,68H,18-22,24-25,28-31H2,1-9H3,(H,61,71)(H,62,69)(H,63,70)/t33-,40+,43-,47+,51-,52-/m0/s1. The molecule has 394 valence electrons. The van der Waals surface area contributed by atoms with E-state index >= 15 is 0 Å². The van der Waals surface area contributed by atoms with Gasteiger partial charge in [-0.3, -0.25) is 29.0 Å². The Morgan fingerprint density at radius 3 is 2.24 bits per heavy atom. The van der Waals surface area contributed by atoms with Gasteiger partial charge in [0.15, 0.2) is 0 Å². The number of pyridine rings is 1. The molecule has 4 amide bonds. The van der Waals surface area contributed by atoms with Crippen molar-refractivity contribution in [1.82, 2.24) is 40.6 Å². The number of nitrogens with zero attached hydrogens (tertiary/aromatic N) is 7. The first-order valence-electron chi connectivity index (χ1n) is 25.9. The Labute approximate surface area is 444 Å². The van der Waals surface area contributed by atoms with Crippen LogP contribution in [0.25, 0.3) is 10.4 Å². The topological polar surface area (TPSA) is 196 Å². The van der Waals surface area contributed by atoms with Gasteiger partial charge in [0, 0.05) is 92.8 Å². The predicted octanol–water partition coefficient (Wildman–Crippen LogP) is 6.61. The molecule has 4 atom stereocenters. The van der Waals surface area contributed by atoms with Crippen molar-refractivity contribution < 1.29 is 29.0 Å². The predicted molar refractivity (Wildman–Crippen MR) is 286 cm³/mol. The lowest BCUT2D eigenvalue weighted by atomic mass is 9.49. The van der Waals surface area contributed by atoms with Gasteiger partial charge in [-0.1, -0.05) is 84.3 Å². The fourth-order valence-corrected chi connectivity index (χ4v) is 13.6. The number of likely N-dealkylation sites (tertiary alicyclic amines) is 1. The molecule has 5 heterocycles. The van der Waals surface area contributed by atoms with Crippen molar-refractivity contribution in [3.05, 3.63) is 93.7 Å². The van der Waals surface area contributed by atoms with E-state index in [1.807, 2.05) is 76.5 Å². The van der Waals surface area contributed by atoms with Gasteiger partial charge in [0.25, 0.3) is 5.91 Å². The van der Waals surface area contributed by atoms with E-state index in [9.17, 15) is 29.5 Å². The highest BCUT2D eigenvalue weighted by molar-refractivity contribution is 7.13. The molecular formula is C56H71ClN10O6S. The molecule has 5 fully saturated rings. The highest BCUT2D eigenvalue weighted by Gasteiger charge is 2.64. The van der Waals surface area contributed by atoms with Crippen LogP contribution in [0, 0.1) is 39.9 Å². The highest BCUT2D eigenvalue weighted by atomic mass is 35.5. The molecule has 3 aliphatic heterocycles. The Morgan fingerprint density at radius 1 is 0.959 bits per heavy atom. The minimum Gasteiger partial charge on any atom is -0.489 e. The smallest absolute Gasteiger partial charge is 0.253 e. The first kappa shape index (κ1) is 53.2. The van der Waals surface area contributed by atoms with Gasteiger partial charge in [-0.2, -0.15) is 5.26 Å². The Balaban J connectivity index is 0.701. The van der Waals surface area contributed by atoms with Crippen LogP contribution in [-0.2, 0) is 14.4 Å². The summed E-state index contributed by atoms with van der Waals surface area (Å²) in [7, 11) is 0. The number of rotatable bonds is 14. The lowest BCUT2D eigenvalue weighted by Crippen LogP contribution is -2.74. The highest BCUT2D eigenvalue weighted by Crippen LogP contribution is 2.56. The zero-order chi connectivity index (χ0) is 53.1. The van der Waals surface area contributed by atoms with Gasteiger partial charge in [-0.15, -0.1) is 11.3 Å². The van der Waals surface area contributed by atoms with E-state index in [-0.39, 0.29) is 77.6 Å². The second kappa shape index (κ2) is 20.5. The Morgan fingerprint density at radius 2 is 1.65 bits per heavy atom. The summed E-state index contributed by atoms with van der Waals surface area (Å²) in [5.41, 5.74) is 4.52. The van der Waals surface area contributed by atoms with Crippen molar-refractivity contribution in [1.29, 1.82) is 5.26 Å². The maximum Gasteiger partial charge on any atom is 0.253 e. The number of carbonyl (C=O) groups is 4. The van der Waals surface area contributed by atoms with Crippen LogP contribution in [0.2, 0.25) is 5.02 Å². The van der Waals surface area contributed by atoms with Crippen molar-refractivity contribution in [3.8, 4) is 22.3 Å². The largest absolute Gasteiger partial charge is 0.489 e. The Bertz CT molecular complexity index is 2770. The molecule has 0 bridgehead atoms. The maximum absolute atomic E-state index is 14.3. The number of ether oxygens (including phenoxy) is 1. The lowest BCUT2D eigenvalue weighted by molar-refractivity contribution is -0.164. The van der Waals surface area contributed by atoms with Gasteiger partial charge < -0.3 is 35.6 Å². The number of aryl methyl sites for hydroxylation is 1. The van der Waals surface area contributed by atoms with Crippen LogP contribution in [0.15, 0.2) is 66.3 Å². The number of thiazole rings is 1. The summed E-state index contributed by atoms with van der Waals surface area (Å²) in [6.07, 6.45) is 2.95. The van der Waals surface area contributed by atoms with Gasteiger partial charge >= 0.3 is 0 Å². The number of hydrogen-bond acceptors (Lipinski definition) is 13. The first-order chi connectivity index (χ1) is 35.0. The van der Waals surface area contributed by atoms with Crippen LogP contribution >= 0.6 is 22.9 Å². The van der Waals surface area contributed by atoms with E-state index in [2.05, 4.69) is 69.4 Å². The Hall–Kier alpha value is -5.64. The van der Waals surface area contributed by atoms with Crippen molar-refractivity contribution in [2.75, 3.05) is 57.3 Å². The van der Waals surface area contributed by atoms with E-state index in [4.69, 9.17) is 21.3 Å². The summed E-state index contributed by atoms with van der Waals surface area (Å²) in [6, 6.07) is 17.2. The molecule has 1 spiro atoms. The molecule has 2 aromatic heterocycles. The van der Waals surface area contributed by atoms with Crippen molar-refractivity contribution >= 4 is 52.4 Å². The molecule has 0 radical (unpaired) electrons. The van der Waals surface area contributed by atoms with E-state index in [1.165, 1.54) is 4.90 Å². The molecule has 9 rings (SSSR count). The monoisotopic (exact) mass is 1050 g/mol.